The number of piperidine rings is 1. The van der Waals surface area contributed by atoms with E-state index in [0.717, 1.165) is 68.1 Å². The van der Waals surface area contributed by atoms with Crippen LogP contribution >= 0.6 is 22.7 Å². The number of likely N-dealkylation sites (tertiary alicyclic amines) is 2. The number of aryl methyl sites for hydroxylation is 1. The maximum absolute atomic E-state index is 14.5. The minimum Gasteiger partial charge on any atom is -0.472 e. The highest BCUT2D eigenvalue weighted by molar-refractivity contribution is 7.90. The van der Waals surface area contributed by atoms with Crippen molar-refractivity contribution in [2.45, 2.75) is 142 Å². The summed E-state index contributed by atoms with van der Waals surface area (Å²) in [5.74, 6) is -1.64. The van der Waals surface area contributed by atoms with Crippen LogP contribution in [0.1, 0.15) is 145 Å². The summed E-state index contributed by atoms with van der Waals surface area (Å²) >= 11 is 2.98. The number of carbonyl (C=O) groups excluding carboxylic acids is 4. The third-order valence-corrected chi connectivity index (χ3v) is 21.6. The second kappa shape index (κ2) is 27.5. The number of benzene rings is 3. The predicted octanol–water partition coefficient (Wildman–Crippen LogP) is 10.3. The third-order valence-electron chi connectivity index (χ3n) is 18.3. The molecule has 3 aliphatic heterocycles. The quantitative estimate of drug-likeness (QED) is 0.0521. The van der Waals surface area contributed by atoms with Crippen LogP contribution in [-0.4, -0.2) is 134 Å². The van der Waals surface area contributed by atoms with Gasteiger partial charge >= 0.3 is 0 Å². The zero-order chi connectivity index (χ0) is 63.5. The van der Waals surface area contributed by atoms with E-state index in [2.05, 4.69) is 35.4 Å². The number of nitrogens with zero attached hydrogens (tertiary/aromatic N) is 9. The number of anilines is 2. The largest absolute Gasteiger partial charge is 0.472 e. The lowest BCUT2D eigenvalue weighted by Crippen LogP contribution is -2.48. The topological polar surface area (TPSA) is 260 Å². The first-order valence-electron chi connectivity index (χ1n) is 31.7. The Morgan fingerprint density at radius 3 is 2.43 bits per heavy atom. The Hall–Kier alpha value is -7.90. The molecule has 0 bridgehead atoms. The second-order valence-electron chi connectivity index (χ2n) is 25.0. The highest BCUT2D eigenvalue weighted by atomic mass is 32.2. The number of nitrogens with one attached hydrogen (secondary N) is 3. The summed E-state index contributed by atoms with van der Waals surface area (Å²) in [6.45, 7) is 13.0. The highest BCUT2D eigenvalue weighted by Gasteiger charge is 2.44. The van der Waals surface area contributed by atoms with Crippen LogP contribution in [0.25, 0.3) is 31.8 Å². The molecule has 0 unspecified atom stereocenters. The van der Waals surface area contributed by atoms with E-state index < -0.39 is 34.0 Å². The van der Waals surface area contributed by atoms with Gasteiger partial charge in [-0.2, -0.15) is 5.10 Å². The standard InChI is InChI=1S/C67H78N12O9S3/c1-40(2)60(66(84)78-37-48(80)33-55(78)64(82)70-41(3)45-19-21-47(22-20-45)62-42(4)68-39-89-62)56-34-59(74-88-56)87-49-26-29-76(30-27-49)28-12-32-91(85,86)75-65(83)61-50(52-35-69-79(43(52)5)36-44-13-7-6-8-14-44)23-24-58(72-61)77-31-25-46-15-11-16-51(53(46)38-77)63(81)73-67-71-54-17-9-10-18-57(54)90-67/h9-11,15-24,34-35,39-41,44,48-49,55,60,80H,6-8,12-14,25-33,36-38H2,1-5H3,(H,70,82)(H,75,83)(H,71,73,81)/t41-,48+,55-,60-/m0/s1. The van der Waals surface area contributed by atoms with Crippen molar-refractivity contribution in [1.82, 2.24) is 49.7 Å². The summed E-state index contributed by atoms with van der Waals surface area (Å²) in [6, 6.07) is 25.5. The van der Waals surface area contributed by atoms with E-state index in [1.165, 1.54) is 35.5 Å². The molecule has 24 heteroatoms. The number of fused-ring (bicyclic) bond motifs is 2. The fraction of sp³-hybridized carbons (Fsp3) is 0.448. The van der Waals surface area contributed by atoms with Crippen LogP contribution in [0.4, 0.5) is 10.9 Å². The zero-order valence-corrected chi connectivity index (χ0v) is 54.4. The summed E-state index contributed by atoms with van der Waals surface area (Å²) in [5, 5.41) is 26.4. The van der Waals surface area contributed by atoms with Crippen molar-refractivity contribution in [2.24, 2.45) is 11.8 Å². The van der Waals surface area contributed by atoms with E-state index in [9.17, 15) is 32.7 Å². The maximum atomic E-state index is 14.5. The lowest BCUT2D eigenvalue weighted by Gasteiger charge is -2.31. The number of para-hydroxylation sites is 1. The number of ether oxygens (including phenoxy) is 1. The molecule has 0 radical (unpaired) electrons. The first-order valence-corrected chi connectivity index (χ1v) is 35.0. The van der Waals surface area contributed by atoms with Gasteiger partial charge in [0.25, 0.3) is 17.7 Å². The molecule has 8 heterocycles. The summed E-state index contributed by atoms with van der Waals surface area (Å²) in [6.07, 6.45) is 8.76. The molecule has 4 atom stereocenters. The summed E-state index contributed by atoms with van der Waals surface area (Å²) in [5.41, 5.74) is 9.92. The van der Waals surface area contributed by atoms with Crippen LogP contribution in [0.5, 0.6) is 5.88 Å². The van der Waals surface area contributed by atoms with E-state index in [-0.39, 0.29) is 72.5 Å². The number of aliphatic hydroxyl groups is 1. The molecule has 3 fully saturated rings. The van der Waals surface area contributed by atoms with Crippen molar-refractivity contribution in [3.8, 4) is 27.4 Å². The molecule has 4 aliphatic rings. The number of β-amino-alcohol motifs (C(OH)–C–C–N with tert-alkyl or cyclic N) is 1. The Kier molecular flexibility index (Phi) is 19.1. The average molecular weight is 1290 g/mol. The lowest BCUT2D eigenvalue weighted by atomic mass is 9.89. The van der Waals surface area contributed by atoms with Gasteiger partial charge in [-0.15, -0.1) is 11.3 Å². The van der Waals surface area contributed by atoms with E-state index in [1.807, 2.05) is 123 Å². The van der Waals surface area contributed by atoms with E-state index in [1.54, 1.807) is 29.7 Å². The highest BCUT2D eigenvalue weighted by Crippen LogP contribution is 2.37. The molecule has 4 amide bonds. The van der Waals surface area contributed by atoms with Gasteiger partial charge in [0.2, 0.25) is 21.8 Å². The van der Waals surface area contributed by atoms with Crippen LogP contribution < -0.4 is 25.0 Å². The number of hydrogen-bond donors (Lipinski definition) is 4. The summed E-state index contributed by atoms with van der Waals surface area (Å²) in [7, 11) is -4.14. The van der Waals surface area contributed by atoms with E-state index in [0.29, 0.717) is 91.3 Å². The van der Waals surface area contributed by atoms with Crippen LogP contribution in [0.2, 0.25) is 0 Å². The van der Waals surface area contributed by atoms with Gasteiger partial charge in [0, 0.05) is 74.1 Å². The molecule has 8 aromatic rings. The number of sulfonamides is 1. The molecule has 478 valence electrons. The Morgan fingerprint density at radius 2 is 1.67 bits per heavy atom. The Bertz CT molecular complexity index is 4020. The number of aliphatic hydroxyl groups excluding tert-OH is 1. The molecular weight excluding hydrogens is 1210 g/mol. The van der Waals surface area contributed by atoms with Crippen molar-refractivity contribution in [3.63, 3.8) is 0 Å². The second-order valence-corrected chi connectivity index (χ2v) is 28.7. The lowest BCUT2D eigenvalue weighted by molar-refractivity contribution is -0.141. The smallest absolute Gasteiger partial charge is 0.284 e. The molecule has 0 spiro atoms. The van der Waals surface area contributed by atoms with Crippen LogP contribution in [0.3, 0.4) is 0 Å². The molecule has 4 N–H and O–H groups in total. The number of amides is 4. The first-order chi connectivity index (χ1) is 43.9. The molecule has 12 rings (SSSR count). The van der Waals surface area contributed by atoms with E-state index in [4.69, 9.17) is 19.3 Å². The van der Waals surface area contributed by atoms with Crippen LogP contribution in [0.15, 0.2) is 101 Å². The molecule has 91 heavy (non-hydrogen) atoms. The molecule has 1 aliphatic carbocycles. The molecule has 2 saturated heterocycles. The van der Waals surface area contributed by atoms with Gasteiger partial charge in [0.15, 0.2) is 10.9 Å². The third kappa shape index (κ3) is 14.4. The number of rotatable bonds is 21. The van der Waals surface area contributed by atoms with Gasteiger partial charge in [0.1, 0.15) is 29.6 Å². The minimum atomic E-state index is -4.14. The molecule has 21 nitrogen and oxygen atoms in total. The van der Waals surface area contributed by atoms with Gasteiger partial charge in [-0.05, 0) is 135 Å². The van der Waals surface area contributed by atoms with Gasteiger partial charge in [-0.1, -0.05) is 93.0 Å². The number of thiazole rings is 2. The predicted molar refractivity (Wildman–Crippen MR) is 351 cm³/mol. The van der Waals surface area contributed by atoms with Crippen molar-refractivity contribution in [3.05, 3.63) is 142 Å². The normalized spacial score (nSPS) is 18.3. The monoisotopic (exact) mass is 1290 g/mol. The number of hydrogen-bond acceptors (Lipinski definition) is 18. The van der Waals surface area contributed by atoms with Crippen molar-refractivity contribution < 1.29 is 42.0 Å². The van der Waals surface area contributed by atoms with Crippen molar-refractivity contribution in [1.29, 1.82) is 0 Å². The number of carbonyl (C=O) groups is 4. The Labute approximate surface area is 538 Å². The van der Waals surface area contributed by atoms with Crippen molar-refractivity contribution >= 4 is 77.5 Å². The zero-order valence-electron chi connectivity index (χ0n) is 52.0. The Balaban J connectivity index is 0.657. The maximum Gasteiger partial charge on any atom is 0.284 e. The van der Waals surface area contributed by atoms with E-state index >= 15 is 0 Å². The summed E-state index contributed by atoms with van der Waals surface area (Å²) in [4.78, 5) is 77.4. The number of pyridine rings is 1. The fourth-order valence-electron chi connectivity index (χ4n) is 13.3. The SMILES string of the molecule is Cc1ncsc1-c1ccc([C@H](C)NC(=O)[C@@H]2C[C@@H](O)CN2C(=O)[C@H](c2cc(OC3CCN(CCCS(=O)(=O)NC(=O)c4nc(N5CCc6cccc(C(=O)Nc7nc8ccccc8s7)c6C5)ccc4-c4cnn(CC5CCCCC5)c4C)CC3)no2)C(C)C)cc1. The summed E-state index contributed by atoms with van der Waals surface area (Å²) < 4.78 is 45.3. The molecular formula is C67H78N12O9S3. The number of aromatic nitrogens is 6. The molecule has 3 aromatic carbocycles. The van der Waals surface area contributed by atoms with Gasteiger partial charge in [-0.3, -0.25) is 29.2 Å². The van der Waals surface area contributed by atoms with Gasteiger partial charge in [-0.25, -0.2) is 28.1 Å². The van der Waals surface area contributed by atoms with Gasteiger partial charge in [0.05, 0.1) is 50.4 Å². The molecule has 5 aromatic heterocycles. The van der Waals surface area contributed by atoms with Crippen LogP contribution in [-0.2, 0) is 39.1 Å². The average Bonchev–Trinajstić information content (AvgIpc) is 1.85. The van der Waals surface area contributed by atoms with Crippen molar-refractivity contribution in [2.75, 3.05) is 48.7 Å². The first kappa shape index (κ1) is 63.3. The Morgan fingerprint density at radius 1 is 0.879 bits per heavy atom. The fourth-order valence-corrected chi connectivity index (χ4v) is 16.0. The molecule has 1 saturated carbocycles. The van der Waals surface area contributed by atoms with Gasteiger partial charge < -0.3 is 34.4 Å². The van der Waals surface area contributed by atoms with Crippen LogP contribution in [0, 0.1) is 25.7 Å². The minimum absolute atomic E-state index is 0.00442.